The smallest absolute Gasteiger partial charge is 0.233 e. The van der Waals surface area contributed by atoms with Gasteiger partial charge in [0.1, 0.15) is 0 Å². The minimum Gasteiger partial charge on any atom is -0.353 e. The molecule has 0 aromatic carbocycles. The van der Waals surface area contributed by atoms with Crippen LogP contribution in [0.4, 0.5) is 0 Å². The molecule has 2 unspecified atom stereocenters. The zero-order chi connectivity index (χ0) is 10.3. The van der Waals surface area contributed by atoms with Crippen molar-refractivity contribution < 1.29 is 20.1 Å². The second kappa shape index (κ2) is 3.18. The summed E-state index contributed by atoms with van der Waals surface area (Å²) in [7, 11) is 2.76. The van der Waals surface area contributed by atoms with Crippen LogP contribution in [-0.2, 0) is 4.74 Å². The molecule has 0 saturated carbocycles. The summed E-state index contributed by atoms with van der Waals surface area (Å²) in [5.41, 5.74) is 0. The van der Waals surface area contributed by atoms with Crippen molar-refractivity contribution in [3.63, 3.8) is 0 Å². The molecule has 2 atom stereocenters. The van der Waals surface area contributed by atoms with E-state index in [1.165, 1.54) is 14.2 Å². The Bertz CT molecular complexity index is 197. The first-order valence-corrected chi connectivity index (χ1v) is 4.31. The van der Waals surface area contributed by atoms with Gasteiger partial charge in [-0.2, -0.15) is 0 Å². The third kappa shape index (κ3) is 1.58. The summed E-state index contributed by atoms with van der Waals surface area (Å²) in [4.78, 5) is 1.04. The van der Waals surface area contributed by atoms with Crippen molar-refractivity contribution in [2.24, 2.45) is 5.92 Å². The van der Waals surface area contributed by atoms with E-state index in [9.17, 15) is 15.3 Å². The molecular weight excluding hydrogens is 174 g/mol. The van der Waals surface area contributed by atoms with Gasteiger partial charge in [0.15, 0.2) is 0 Å². The lowest BCUT2D eigenvalue weighted by atomic mass is 9.93. The molecule has 0 aliphatic carbocycles. The zero-order valence-corrected chi connectivity index (χ0v) is 8.19. The maximum Gasteiger partial charge on any atom is 0.233 e. The topological polar surface area (TPSA) is 73.2 Å². The first-order valence-electron chi connectivity index (χ1n) is 4.31. The second-order valence-electron chi connectivity index (χ2n) is 3.64. The van der Waals surface area contributed by atoms with Crippen LogP contribution in [0.15, 0.2) is 0 Å². The second-order valence-corrected chi connectivity index (χ2v) is 3.64. The van der Waals surface area contributed by atoms with E-state index in [2.05, 4.69) is 0 Å². The van der Waals surface area contributed by atoms with Crippen LogP contribution in [0.3, 0.4) is 0 Å². The average molecular weight is 191 g/mol. The van der Waals surface area contributed by atoms with Crippen LogP contribution in [0, 0.1) is 5.92 Å². The quantitative estimate of drug-likeness (QED) is 0.477. The van der Waals surface area contributed by atoms with Crippen LogP contribution in [0.1, 0.15) is 19.8 Å². The molecule has 0 aromatic rings. The van der Waals surface area contributed by atoms with Gasteiger partial charge in [-0.05, 0) is 13.5 Å². The Balaban J connectivity index is 2.91. The van der Waals surface area contributed by atoms with Gasteiger partial charge >= 0.3 is 0 Å². The maximum absolute atomic E-state index is 9.94. The molecule has 13 heavy (non-hydrogen) atoms. The lowest BCUT2D eigenvalue weighted by molar-refractivity contribution is -0.419. The van der Waals surface area contributed by atoms with Crippen LogP contribution in [-0.4, -0.2) is 46.2 Å². The first-order chi connectivity index (χ1) is 5.84. The van der Waals surface area contributed by atoms with E-state index in [0.717, 1.165) is 4.90 Å². The van der Waals surface area contributed by atoms with Gasteiger partial charge in [0.05, 0.1) is 0 Å². The van der Waals surface area contributed by atoms with Crippen LogP contribution in [0.2, 0.25) is 0 Å². The Kier molecular flexibility index (Phi) is 2.66. The van der Waals surface area contributed by atoms with Crippen molar-refractivity contribution >= 4 is 0 Å². The molecule has 0 spiro atoms. The van der Waals surface area contributed by atoms with Gasteiger partial charge in [-0.1, -0.05) is 6.92 Å². The Morgan fingerprint density at radius 1 is 1.38 bits per heavy atom. The number of methoxy groups -OCH3 is 1. The molecule has 1 aliphatic rings. The van der Waals surface area contributed by atoms with E-state index in [0.29, 0.717) is 6.42 Å². The molecule has 78 valence electrons. The lowest BCUT2D eigenvalue weighted by Crippen LogP contribution is -2.66. The molecule has 0 bridgehead atoms. The highest BCUT2D eigenvalue weighted by Crippen LogP contribution is 2.37. The normalized spacial score (nSPS) is 40.6. The summed E-state index contributed by atoms with van der Waals surface area (Å²) < 4.78 is 4.90. The minimum atomic E-state index is -1.99. The number of likely N-dealkylation sites (tertiary alicyclic amines) is 1. The van der Waals surface area contributed by atoms with Crippen molar-refractivity contribution in [3.8, 4) is 0 Å². The van der Waals surface area contributed by atoms with Crippen molar-refractivity contribution in [2.45, 2.75) is 31.6 Å². The van der Waals surface area contributed by atoms with Crippen molar-refractivity contribution in [1.82, 2.24) is 4.90 Å². The largest absolute Gasteiger partial charge is 0.353 e. The molecule has 3 N–H and O–H groups in total. The number of aliphatic hydroxyl groups is 3. The highest BCUT2D eigenvalue weighted by atomic mass is 16.7. The highest BCUT2D eigenvalue weighted by molar-refractivity contribution is 4.84. The summed E-state index contributed by atoms with van der Waals surface area (Å²) >= 11 is 0. The Morgan fingerprint density at radius 2 is 1.92 bits per heavy atom. The van der Waals surface area contributed by atoms with Crippen molar-refractivity contribution in [1.29, 1.82) is 0 Å². The van der Waals surface area contributed by atoms with E-state index in [4.69, 9.17) is 4.74 Å². The SMILES string of the molecule is COC1(O)C(C)CCC(O)(O)N1C. The Hall–Kier alpha value is -0.200. The highest BCUT2D eigenvalue weighted by Gasteiger charge is 2.51. The van der Waals surface area contributed by atoms with Crippen LogP contribution >= 0.6 is 0 Å². The van der Waals surface area contributed by atoms with Gasteiger partial charge in [-0.15, -0.1) is 0 Å². The molecule has 0 aromatic heterocycles. The number of ether oxygens (including phenoxy) is 1. The summed E-state index contributed by atoms with van der Waals surface area (Å²) in [5, 5.41) is 28.9. The molecule has 0 radical (unpaired) electrons. The molecule has 0 amide bonds. The zero-order valence-electron chi connectivity index (χ0n) is 8.19. The van der Waals surface area contributed by atoms with E-state index >= 15 is 0 Å². The number of hydrogen-bond acceptors (Lipinski definition) is 5. The van der Waals surface area contributed by atoms with E-state index < -0.39 is 11.8 Å². The summed E-state index contributed by atoms with van der Waals surface area (Å²) in [6.07, 6.45) is 0.706. The van der Waals surface area contributed by atoms with Crippen LogP contribution in [0.25, 0.3) is 0 Å². The van der Waals surface area contributed by atoms with Gasteiger partial charge in [0.25, 0.3) is 0 Å². The third-order valence-electron chi connectivity index (χ3n) is 2.87. The first kappa shape index (κ1) is 10.9. The van der Waals surface area contributed by atoms with Gasteiger partial charge in [-0.3, -0.25) is 0 Å². The summed E-state index contributed by atoms with van der Waals surface area (Å²) in [5.74, 6) is -3.74. The average Bonchev–Trinajstić information content (AvgIpc) is 2.09. The van der Waals surface area contributed by atoms with E-state index in [1.54, 1.807) is 6.92 Å². The maximum atomic E-state index is 9.94. The van der Waals surface area contributed by atoms with Gasteiger partial charge < -0.3 is 20.1 Å². The summed E-state index contributed by atoms with van der Waals surface area (Å²) in [6.45, 7) is 1.80. The van der Waals surface area contributed by atoms with Crippen LogP contribution in [0.5, 0.6) is 0 Å². The minimum absolute atomic E-state index is 0.157. The van der Waals surface area contributed by atoms with Crippen LogP contribution < -0.4 is 0 Å². The summed E-state index contributed by atoms with van der Waals surface area (Å²) in [6, 6.07) is 0. The molecule has 1 rings (SSSR count). The van der Waals surface area contributed by atoms with Gasteiger partial charge in [0, 0.05) is 19.4 Å². The fourth-order valence-electron chi connectivity index (χ4n) is 1.69. The predicted octanol–water partition coefficient (Wildman–Crippen LogP) is -0.721. The Morgan fingerprint density at radius 3 is 2.31 bits per heavy atom. The molecule has 5 heteroatoms. The lowest BCUT2D eigenvalue weighted by Gasteiger charge is -2.49. The standard InChI is InChI=1S/C8H17NO4/c1-6-4-5-7(10,11)9(2)8(6,12)13-3/h6,10-12H,4-5H2,1-3H3. The molecule has 5 nitrogen and oxygen atoms in total. The molecule has 1 aliphatic heterocycles. The fourth-order valence-corrected chi connectivity index (χ4v) is 1.69. The third-order valence-corrected chi connectivity index (χ3v) is 2.87. The van der Waals surface area contributed by atoms with E-state index in [1.807, 2.05) is 0 Å². The van der Waals surface area contributed by atoms with Gasteiger partial charge in [0.2, 0.25) is 11.8 Å². The number of rotatable bonds is 1. The fraction of sp³-hybridized carbons (Fsp3) is 1.00. The molecule has 1 saturated heterocycles. The van der Waals surface area contributed by atoms with E-state index in [-0.39, 0.29) is 12.3 Å². The molecule has 1 fully saturated rings. The van der Waals surface area contributed by atoms with Crippen molar-refractivity contribution in [3.05, 3.63) is 0 Å². The number of nitrogens with zero attached hydrogens (tertiary/aromatic N) is 1. The molecular formula is C8H17NO4. The monoisotopic (exact) mass is 191 g/mol. The predicted molar refractivity (Wildman–Crippen MR) is 45.3 cm³/mol. The Labute approximate surface area is 77.5 Å². The number of piperidine rings is 1. The van der Waals surface area contributed by atoms with Gasteiger partial charge in [-0.25, -0.2) is 4.90 Å². The number of hydrogen-bond donors (Lipinski definition) is 3. The molecule has 1 heterocycles. The van der Waals surface area contributed by atoms with Crippen molar-refractivity contribution in [2.75, 3.05) is 14.2 Å².